The van der Waals surface area contributed by atoms with Crippen molar-refractivity contribution >= 4 is 70.7 Å². The molecule has 0 bridgehead atoms. The van der Waals surface area contributed by atoms with Crippen LogP contribution in [0.2, 0.25) is 0 Å². The van der Waals surface area contributed by atoms with Gasteiger partial charge in [-0.1, -0.05) is 152 Å². The highest BCUT2D eigenvalue weighted by Crippen LogP contribution is 2.39. The van der Waals surface area contributed by atoms with Crippen molar-refractivity contribution in [3.63, 3.8) is 0 Å². The van der Waals surface area contributed by atoms with Crippen LogP contribution in [0.5, 0.6) is 0 Å². The zero-order chi connectivity index (χ0) is 42.3. The van der Waals surface area contributed by atoms with Crippen LogP contribution in [0.1, 0.15) is 16.7 Å². The molecule has 2 aromatic heterocycles. The Morgan fingerprint density at radius 1 is 0.397 bits per heavy atom. The number of hydrogen-bond donors (Lipinski definition) is 1. The molecule has 0 amide bonds. The zero-order valence-electron chi connectivity index (χ0n) is 34.3. The van der Waals surface area contributed by atoms with Crippen molar-refractivity contribution in [2.75, 3.05) is 0 Å². The second-order valence-electron chi connectivity index (χ2n) is 15.7. The first-order valence-corrected chi connectivity index (χ1v) is 21.8. The average Bonchev–Trinajstić information content (AvgIpc) is 3.89. The minimum Gasteiger partial charge on any atom is -0.383 e. The standard InChI is InChI=1S/C58H40N4S/c1-38(41-19-13-20-42(33-41)39-15-5-2-6-16-39)60-58(61-57(59)46-22-14-21-43(34-46)40-17-7-3-8-18-40)47-29-32-56-52(37-47)51-36-45(28-31-55(51)63-56)44-27-30-54-50(35-44)49-25-11-12-26-53(49)62(54)48-23-9-4-10-24-48/h2-37H,1H2,(H2,59,60,61). The van der Waals surface area contributed by atoms with Crippen molar-refractivity contribution in [1.29, 1.82) is 0 Å². The van der Waals surface area contributed by atoms with Crippen LogP contribution in [0.4, 0.5) is 0 Å². The number of hydrogen-bond acceptors (Lipinski definition) is 2. The maximum atomic E-state index is 6.91. The third kappa shape index (κ3) is 7.20. The second kappa shape index (κ2) is 16.1. The van der Waals surface area contributed by atoms with Crippen LogP contribution >= 0.6 is 11.3 Å². The Morgan fingerprint density at radius 2 is 0.921 bits per heavy atom. The summed E-state index contributed by atoms with van der Waals surface area (Å²) in [4.78, 5) is 10.3. The van der Waals surface area contributed by atoms with E-state index in [-0.39, 0.29) is 0 Å². The SMILES string of the molecule is C=C(N=C(N=C(N)c1cccc(-c2ccccc2)c1)c1ccc2sc3ccc(-c4ccc5c(c4)c4ccccc4n5-c4ccccc4)cc3c2c1)c1cccc(-c2ccccc2)c1. The summed E-state index contributed by atoms with van der Waals surface area (Å²) >= 11 is 1.79. The van der Waals surface area contributed by atoms with E-state index in [9.17, 15) is 0 Å². The van der Waals surface area contributed by atoms with E-state index in [1.807, 2.05) is 48.5 Å². The molecule has 0 aliphatic heterocycles. The van der Waals surface area contributed by atoms with Gasteiger partial charge in [-0.3, -0.25) is 0 Å². The molecule has 11 aromatic rings. The Bertz CT molecular complexity index is 3580. The van der Waals surface area contributed by atoms with Crippen LogP contribution < -0.4 is 5.73 Å². The molecule has 2 N–H and O–H groups in total. The van der Waals surface area contributed by atoms with Gasteiger partial charge in [0, 0.05) is 53.3 Å². The van der Waals surface area contributed by atoms with Gasteiger partial charge in [-0.2, -0.15) is 0 Å². The maximum absolute atomic E-state index is 6.91. The van der Waals surface area contributed by atoms with Gasteiger partial charge < -0.3 is 10.3 Å². The van der Waals surface area contributed by atoms with Crippen LogP contribution in [0.25, 0.3) is 86.7 Å². The number of aromatic nitrogens is 1. The Labute approximate surface area is 369 Å². The lowest BCUT2D eigenvalue weighted by molar-refractivity contribution is 1.18. The van der Waals surface area contributed by atoms with Crippen LogP contribution in [0, 0.1) is 0 Å². The molecule has 9 aromatic carbocycles. The summed E-state index contributed by atoms with van der Waals surface area (Å²) in [7, 11) is 0. The van der Waals surface area contributed by atoms with Gasteiger partial charge in [0.2, 0.25) is 0 Å². The summed E-state index contributed by atoms with van der Waals surface area (Å²) < 4.78 is 4.76. The molecule has 0 radical (unpaired) electrons. The normalized spacial score (nSPS) is 12.1. The molecule has 4 nitrogen and oxygen atoms in total. The predicted octanol–water partition coefficient (Wildman–Crippen LogP) is 15.0. The van der Waals surface area contributed by atoms with E-state index in [0.717, 1.165) is 55.6 Å². The van der Waals surface area contributed by atoms with Crippen molar-refractivity contribution in [2.45, 2.75) is 0 Å². The zero-order valence-corrected chi connectivity index (χ0v) is 35.1. The topological polar surface area (TPSA) is 55.7 Å². The fraction of sp³-hybridized carbons (Fsp3) is 0. The largest absolute Gasteiger partial charge is 0.383 e. The third-order valence-corrected chi connectivity index (χ3v) is 12.9. The van der Waals surface area contributed by atoms with Gasteiger partial charge in [0.25, 0.3) is 0 Å². The van der Waals surface area contributed by atoms with Gasteiger partial charge >= 0.3 is 0 Å². The smallest absolute Gasteiger partial charge is 0.162 e. The number of aliphatic imine (C=N–C) groups is 2. The van der Waals surface area contributed by atoms with E-state index < -0.39 is 0 Å². The summed E-state index contributed by atoms with van der Waals surface area (Å²) in [5.41, 5.74) is 20.3. The maximum Gasteiger partial charge on any atom is 0.162 e. The summed E-state index contributed by atoms with van der Waals surface area (Å²) in [6.07, 6.45) is 0. The highest BCUT2D eigenvalue weighted by atomic mass is 32.1. The number of fused-ring (bicyclic) bond motifs is 6. The fourth-order valence-electron chi connectivity index (χ4n) is 8.63. The summed E-state index contributed by atoms with van der Waals surface area (Å²) in [5, 5.41) is 4.78. The van der Waals surface area contributed by atoms with E-state index >= 15 is 0 Å². The highest BCUT2D eigenvalue weighted by Gasteiger charge is 2.16. The minimum atomic E-state index is 0.374. The van der Waals surface area contributed by atoms with Crippen molar-refractivity contribution in [3.05, 3.63) is 242 Å². The van der Waals surface area contributed by atoms with Gasteiger partial charge in [0.15, 0.2) is 5.84 Å². The predicted molar refractivity (Wildman–Crippen MR) is 269 cm³/mol. The molecule has 0 saturated heterocycles. The van der Waals surface area contributed by atoms with E-state index in [0.29, 0.717) is 17.4 Å². The number of nitrogens with zero attached hydrogens (tertiary/aromatic N) is 3. The number of thiophene rings is 1. The molecule has 0 fully saturated rings. The number of nitrogens with two attached hydrogens (primary N) is 1. The van der Waals surface area contributed by atoms with Crippen molar-refractivity contribution in [1.82, 2.24) is 4.57 Å². The molecule has 5 heteroatoms. The van der Waals surface area contributed by atoms with Gasteiger partial charge in [-0.15, -0.1) is 11.3 Å². The molecule has 11 rings (SSSR count). The van der Waals surface area contributed by atoms with Crippen molar-refractivity contribution in [3.8, 4) is 39.1 Å². The molecule has 2 heterocycles. The molecule has 0 atom stereocenters. The van der Waals surface area contributed by atoms with Crippen LogP contribution in [0.3, 0.4) is 0 Å². The van der Waals surface area contributed by atoms with Gasteiger partial charge in [-0.25, -0.2) is 9.98 Å². The average molecular weight is 825 g/mol. The molecular weight excluding hydrogens is 785 g/mol. The lowest BCUT2D eigenvalue weighted by Crippen LogP contribution is -2.16. The Balaban J connectivity index is 1.02. The fourth-order valence-corrected chi connectivity index (χ4v) is 9.69. The van der Waals surface area contributed by atoms with Crippen molar-refractivity contribution < 1.29 is 0 Å². The lowest BCUT2D eigenvalue weighted by Gasteiger charge is -2.10. The van der Waals surface area contributed by atoms with Crippen LogP contribution in [0.15, 0.2) is 235 Å². The molecule has 0 spiro atoms. The van der Waals surface area contributed by atoms with E-state index in [2.05, 4.69) is 181 Å². The van der Waals surface area contributed by atoms with E-state index in [4.69, 9.17) is 15.7 Å². The Morgan fingerprint density at radius 3 is 1.63 bits per heavy atom. The van der Waals surface area contributed by atoms with Crippen LogP contribution in [-0.4, -0.2) is 16.2 Å². The number of benzene rings is 9. The van der Waals surface area contributed by atoms with E-state index in [1.54, 1.807) is 11.3 Å². The molecule has 0 aliphatic rings. The monoisotopic (exact) mass is 824 g/mol. The molecule has 298 valence electrons. The molecule has 0 unspecified atom stereocenters. The molecule has 0 saturated carbocycles. The summed E-state index contributed by atoms with van der Waals surface area (Å²) in [5.74, 6) is 0.865. The number of rotatable bonds is 8. The molecular formula is C58H40N4S. The lowest BCUT2D eigenvalue weighted by atomic mass is 10.00. The third-order valence-electron chi connectivity index (χ3n) is 11.8. The quantitative estimate of drug-likeness (QED) is 0.120. The molecule has 0 aliphatic carbocycles. The minimum absolute atomic E-state index is 0.374. The number of amidine groups is 2. The first-order chi connectivity index (χ1) is 31.0. The highest BCUT2D eigenvalue weighted by molar-refractivity contribution is 7.25. The first-order valence-electron chi connectivity index (χ1n) is 21.0. The summed E-state index contributed by atoms with van der Waals surface area (Å²) in [6, 6.07) is 76.6. The number of para-hydroxylation sites is 2. The van der Waals surface area contributed by atoms with Crippen LogP contribution in [-0.2, 0) is 0 Å². The van der Waals surface area contributed by atoms with Crippen molar-refractivity contribution in [2.24, 2.45) is 15.7 Å². The van der Waals surface area contributed by atoms with Gasteiger partial charge in [0.05, 0.1) is 16.7 Å². The Hall–Kier alpha value is -8.12. The first kappa shape index (κ1) is 37.8. The summed E-state index contributed by atoms with van der Waals surface area (Å²) in [6.45, 7) is 4.47. The van der Waals surface area contributed by atoms with Gasteiger partial charge in [0.1, 0.15) is 5.84 Å². The van der Waals surface area contributed by atoms with Gasteiger partial charge in [-0.05, 0) is 106 Å². The second-order valence-corrected chi connectivity index (χ2v) is 16.8. The Kier molecular flexibility index (Phi) is 9.64. The van der Waals surface area contributed by atoms with E-state index in [1.165, 1.54) is 42.2 Å². The molecule has 63 heavy (non-hydrogen) atoms.